The van der Waals surface area contributed by atoms with Crippen LogP contribution in [0, 0.1) is 0 Å². The summed E-state index contributed by atoms with van der Waals surface area (Å²) < 4.78 is 2.07. The maximum atomic E-state index is 6.11. The highest BCUT2D eigenvalue weighted by atomic mass is 35.5. The maximum absolute atomic E-state index is 6.11. The predicted molar refractivity (Wildman–Crippen MR) is 83.4 cm³/mol. The van der Waals surface area contributed by atoms with Crippen molar-refractivity contribution in [3.05, 3.63) is 71.2 Å². The number of halogens is 1. The van der Waals surface area contributed by atoms with Crippen LogP contribution in [0.3, 0.4) is 0 Å². The number of hydrogen-bond donors (Lipinski definition) is 0. The Morgan fingerprint density at radius 3 is 2.50 bits per heavy atom. The van der Waals surface area contributed by atoms with Gasteiger partial charge in [-0.2, -0.15) is 0 Å². The molecule has 20 heavy (non-hydrogen) atoms. The molecule has 2 heterocycles. The molecule has 0 N–H and O–H groups in total. The number of imidazole rings is 1. The molecule has 0 aliphatic rings. The van der Waals surface area contributed by atoms with E-state index >= 15 is 0 Å². The minimum Gasteiger partial charge on any atom is -0.303 e. The average Bonchev–Trinajstić information content (AvgIpc) is 2.85. The van der Waals surface area contributed by atoms with Gasteiger partial charge in [0.15, 0.2) is 0 Å². The number of nitrogens with zero attached hydrogens (tertiary/aromatic N) is 2. The van der Waals surface area contributed by atoms with E-state index in [-0.39, 0.29) is 0 Å². The van der Waals surface area contributed by atoms with Crippen LogP contribution in [0.15, 0.2) is 48.7 Å². The van der Waals surface area contributed by atoms with Crippen molar-refractivity contribution in [1.29, 1.82) is 0 Å². The standard InChI is InChI=1S/C17H17ClN2/c1-2-13-6-8-14(9-7-13)11-15-16(12-18)20-10-4-3-5-17(20)19-15/h3-10H,2,11-12H2,1H3. The molecule has 0 saturated carbocycles. The molecule has 0 unspecified atom stereocenters. The summed E-state index contributed by atoms with van der Waals surface area (Å²) in [5, 5.41) is 0. The van der Waals surface area contributed by atoms with Crippen LogP contribution in [-0.4, -0.2) is 9.38 Å². The SMILES string of the molecule is CCc1ccc(Cc2nc3ccccn3c2CCl)cc1. The molecular formula is C17H17ClN2. The molecule has 3 rings (SSSR count). The molecule has 3 aromatic rings. The summed E-state index contributed by atoms with van der Waals surface area (Å²) in [5.74, 6) is 0.480. The van der Waals surface area contributed by atoms with Gasteiger partial charge in [0.05, 0.1) is 17.3 Å². The highest BCUT2D eigenvalue weighted by Gasteiger charge is 2.11. The fourth-order valence-corrected chi connectivity index (χ4v) is 2.75. The Bertz CT molecular complexity index is 713. The van der Waals surface area contributed by atoms with Crippen molar-refractivity contribution < 1.29 is 0 Å². The van der Waals surface area contributed by atoms with Crippen LogP contribution >= 0.6 is 11.6 Å². The number of fused-ring (bicyclic) bond motifs is 1. The van der Waals surface area contributed by atoms with Crippen molar-refractivity contribution in [2.24, 2.45) is 0 Å². The lowest BCUT2D eigenvalue weighted by Gasteiger charge is -2.03. The van der Waals surface area contributed by atoms with Gasteiger partial charge in [-0.1, -0.05) is 37.3 Å². The molecule has 2 nitrogen and oxygen atoms in total. The minimum atomic E-state index is 0.480. The summed E-state index contributed by atoms with van der Waals surface area (Å²) in [6.45, 7) is 2.17. The molecule has 2 aromatic heterocycles. The Kier molecular flexibility index (Phi) is 3.75. The van der Waals surface area contributed by atoms with Crippen LogP contribution in [0.5, 0.6) is 0 Å². The van der Waals surface area contributed by atoms with Gasteiger partial charge in [-0.3, -0.25) is 0 Å². The largest absolute Gasteiger partial charge is 0.303 e. The van der Waals surface area contributed by atoms with Crippen molar-refractivity contribution in [3.63, 3.8) is 0 Å². The number of aryl methyl sites for hydroxylation is 1. The van der Waals surface area contributed by atoms with Crippen molar-refractivity contribution in [3.8, 4) is 0 Å². The fourth-order valence-electron chi connectivity index (χ4n) is 2.46. The third-order valence-electron chi connectivity index (χ3n) is 3.64. The number of hydrogen-bond acceptors (Lipinski definition) is 1. The molecule has 3 heteroatoms. The summed E-state index contributed by atoms with van der Waals surface area (Å²) in [6.07, 6.45) is 3.92. The Labute approximate surface area is 124 Å². The molecule has 0 amide bonds. The van der Waals surface area contributed by atoms with E-state index in [9.17, 15) is 0 Å². The van der Waals surface area contributed by atoms with Gasteiger partial charge in [-0.05, 0) is 29.7 Å². The van der Waals surface area contributed by atoms with Crippen molar-refractivity contribution >= 4 is 17.2 Å². The van der Waals surface area contributed by atoms with Crippen LogP contribution in [0.1, 0.15) is 29.4 Å². The topological polar surface area (TPSA) is 17.3 Å². The molecule has 0 aliphatic carbocycles. The van der Waals surface area contributed by atoms with Crippen molar-refractivity contribution in [1.82, 2.24) is 9.38 Å². The van der Waals surface area contributed by atoms with E-state index in [2.05, 4.69) is 35.6 Å². The van der Waals surface area contributed by atoms with Crippen molar-refractivity contribution in [2.75, 3.05) is 0 Å². The lowest BCUT2D eigenvalue weighted by atomic mass is 10.1. The van der Waals surface area contributed by atoms with Crippen LogP contribution in [0.2, 0.25) is 0 Å². The molecule has 1 aromatic carbocycles. The minimum absolute atomic E-state index is 0.480. The number of aromatic nitrogens is 2. The summed E-state index contributed by atoms with van der Waals surface area (Å²) in [4.78, 5) is 4.70. The van der Waals surface area contributed by atoms with Gasteiger partial charge in [0, 0.05) is 12.6 Å². The Morgan fingerprint density at radius 2 is 1.80 bits per heavy atom. The third kappa shape index (κ3) is 2.44. The zero-order valence-corrected chi connectivity index (χ0v) is 12.3. The quantitative estimate of drug-likeness (QED) is 0.656. The molecule has 102 valence electrons. The van der Waals surface area contributed by atoms with Crippen LogP contribution in [0.4, 0.5) is 0 Å². The van der Waals surface area contributed by atoms with E-state index in [1.165, 1.54) is 11.1 Å². The molecule has 0 radical (unpaired) electrons. The first-order valence-corrected chi connectivity index (χ1v) is 7.44. The maximum Gasteiger partial charge on any atom is 0.137 e. The molecular weight excluding hydrogens is 268 g/mol. The third-order valence-corrected chi connectivity index (χ3v) is 3.89. The first-order chi connectivity index (χ1) is 9.81. The molecule has 0 aliphatic heterocycles. The average molecular weight is 285 g/mol. The van der Waals surface area contributed by atoms with Crippen molar-refractivity contribution in [2.45, 2.75) is 25.6 Å². The second-order valence-corrected chi connectivity index (χ2v) is 5.18. The second-order valence-electron chi connectivity index (χ2n) is 4.91. The zero-order chi connectivity index (χ0) is 13.9. The van der Waals surface area contributed by atoms with Crippen LogP contribution < -0.4 is 0 Å². The lowest BCUT2D eigenvalue weighted by molar-refractivity contribution is 1.03. The van der Waals surface area contributed by atoms with E-state index in [1.807, 2.05) is 24.4 Å². The molecule has 0 bridgehead atoms. The van der Waals surface area contributed by atoms with E-state index in [4.69, 9.17) is 16.6 Å². The second kappa shape index (κ2) is 5.68. The number of alkyl halides is 1. The predicted octanol–water partition coefficient (Wildman–Crippen LogP) is 4.23. The lowest BCUT2D eigenvalue weighted by Crippen LogP contribution is -1.95. The number of rotatable bonds is 4. The molecule has 0 atom stereocenters. The normalized spacial score (nSPS) is 11.1. The summed E-state index contributed by atoms with van der Waals surface area (Å²) in [7, 11) is 0. The monoisotopic (exact) mass is 284 g/mol. The van der Waals surface area contributed by atoms with Crippen LogP contribution in [-0.2, 0) is 18.7 Å². The first-order valence-electron chi connectivity index (χ1n) is 6.90. The van der Waals surface area contributed by atoms with E-state index in [0.29, 0.717) is 5.88 Å². The van der Waals surface area contributed by atoms with Gasteiger partial charge in [-0.15, -0.1) is 11.6 Å². The van der Waals surface area contributed by atoms with Crippen LogP contribution in [0.25, 0.3) is 5.65 Å². The number of benzene rings is 1. The Hall–Kier alpha value is -1.80. The smallest absolute Gasteiger partial charge is 0.137 e. The van der Waals surface area contributed by atoms with Gasteiger partial charge in [-0.25, -0.2) is 4.98 Å². The van der Waals surface area contributed by atoms with Gasteiger partial charge in [0.1, 0.15) is 5.65 Å². The van der Waals surface area contributed by atoms with Gasteiger partial charge in [0.2, 0.25) is 0 Å². The van der Waals surface area contributed by atoms with Gasteiger partial charge in [0.25, 0.3) is 0 Å². The van der Waals surface area contributed by atoms with Gasteiger partial charge >= 0.3 is 0 Å². The summed E-state index contributed by atoms with van der Waals surface area (Å²) in [5.41, 5.74) is 5.75. The van der Waals surface area contributed by atoms with E-state index < -0.39 is 0 Å². The van der Waals surface area contributed by atoms with E-state index in [0.717, 1.165) is 29.9 Å². The molecule has 0 saturated heterocycles. The summed E-state index contributed by atoms with van der Waals surface area (Å²) >= 11 is 6.11. The molecule has 0 fully saturated rings. The zero-order valence-electron chi connectivity index (χ0n) is 11.5. The Balaban J connectivity index is 1.96. The highest BCUT2D eigenvalue weighted by Crippen LogP contribution is 2.18. The first kappa shape index (κ1) is 13.2. The molecule has 0 spiro atoms. The fraction of sp³-hybridized carbons (Fsp3) is 0.235. The highest BCUT2D eigenvalue weighted by molar-refractivity contribution is 6.17. The summed E-state index contributed by atoms with van der Waals surface area (Å²) in [6, 6.07) is 14.8. The van der Waals surface area contributed by atoms with E-state index in [1.54, 1.807) is 0 Å². The number of pyridine rings is 1. The Morgan fingerprint density at radius 1 is 1.05 bits per heavy atom. The van der Waals surface area contributed by atoms with Gasteiger partial charge < -0.3 is 4.40 Å².